The van der Waals surface area contributed by atoms with Crippen molar-refractivity contribution < 1.29 is 14.0 Å². The summed E-state index contributed by atoms with van der Waals surface area (Å²) in [6, 6.07) is 7.86. The Balaban J connectivity index is 1.67. The van der Waals surface area contributed by atoms with Gasteiger partial charge in [0, 0.05) is 6.42 Å². The Morgan fingerprint density at radius 3 is 2.70 bits per heavy atom. The molecule has 0 spiro atoms. The smallest absolute Gasteiger partial charge is 0.255 e. The SMILES string of the molecule is COc1ccc(Cc2noc([C@H]3CC[C@H](C)O3)n2)cc1. The molecule has 2 heterocycles. The van der Waals surface area contributed by atoms with Crippen LogP contribution in [0, 0.1) is 0 Å². The quantitative estimate of drug-likeness (QED) is 0.858. The summed E-state index contributed by atoms with van der Waals surface area (Å²) in [5, 5.41) is 4.03. The van der Waals surface area contributed by atoms with Gasteiger partial charge >= 0.3 is 0 Å². The number of nitrogens with zero attached hydrogens (tertiary/aromatic N) is 2. The van der Waals surface area contributed by atoms with E-state index in [2.05, 4.69) is 17.1 Å². The Labute approximate surface area is 117 Å². The predicted molar refractivity (Wildman–Crippen MR) is 72.6 cm³/mol. The summed E-state index contributed by atoms with van der Waals surface area (Å²) < 4.78 is 16.2. The highest BCUT2D eigenvalue weighted by Crippen LogP contribution is 2.31. The summed E-state index contributed by atoms with van der Waals surface area (Å²) in [4.78, 5) is 4.43. The highest BCUT2D eigenvalue weighted by molar-refractivity contribution is 5.28. The lowest BCUT2D eigenvalue weighted by Crippen LogP contribution is -2.01. The van der Waals surface area contributed by atoms with E-state index in [1.54, 1.807) is 7.11 Å². The molecule has 0 aliphatic carbocycles. The molecule has 0 amide bonds. The molecule has 2 aromatic rings. The molecule has 0 unspecified atom stereocenters. The highest BCUT2D eigenvalue weighted by Gasteiger charge is 2.28. The van der Waals surface area contributed by atoms with Crippen molar-refractivity contribution in [3.8, 4) is 5.75 Å². The van der Waals surface area contributed by atoms with Crippen LogP contribution in [0.25, 0.3) is 0 Å². The third-order valence-electron chi connectivity index (χ3n) is 3.51. The number of hydrogen-bond acceptors (Lipinski definition) is 5. The van der Waals surface area contributed by atoms with Gasteiger partial charge in [-0.3, -0.25) is 0 Å². The second-order valence-corrected chi connectivity index (χ2v) is 5.09. The Kier molecular flexibility index (Phi) is 3.69. The summed E-state index contributed by atoms with van der Waals surface area (Å²) in [6.45, 7) is 2.06. The lowest BCUT2D eigenvalue weighted by Gasteiger charge is -2.04. The van der Waals surface area contributed by atoms with Gasteiger partial charge in [0.05, 0.1) is 13.2 Å². The molecule has 20 heavy (non-hydrogen) atoms. The number of methoxy groups -OCH3 is 1. The second-order valence-electron chi connectivity index (χ2n) is 5.09. The maximum absolute atomic E-state index is 5.73. The fourth-order valence-electron chi connectivity index (χ4n) is 2.38. The molecule has 1 aromatic heterocycles. The zero-order valence-corrected chi connectivity index (χ0v) is 11.7. The number of hydrogen-bond donors (Lipinski definition) is 0. The molecule has 1 saturated heterocycles. The van der Waals surface area contributed by atoms with Crippen LogP contribution in [0.1, 0.15) is 43.1 Å². The summed E-state index contributed by atoms with van der Waals surface area (Å²) >= 11 is 0. The van der Waals surface area contributed by atoms with Crippen LogP contribution in [0.5, 0.6) is 5.75 Å². The summed E-state index contributed by atoms with van der Waals surface area (Å²) in [7, 11) is 1.66. The van der Waals surface area contributed by atoms with Gasteiger partial charge in [-0.25, -0.2) is 0 Å². The average molecular weight is 274 g/mol. The van der Waals surface area contributed by atoms with Crippen molar-refractivity contribution in [1.29, 1.82) is 0 Å². The van der Waals surface area contributed by atoms with Gasteiger partial charge < -0.3 is 14.0 Å². The third-order valence-corrected chi connectivity index (χ3v) is 3.51. The second kappa shape index (κ2) is 5.63. The minimum atomic E-state index is -0.0397. The molecule has 3 rings (SSSR count). The van der Waals surface area contributed by atoms with Crippen molar-refractivity contribution in [3.05, 3.63) is 41.5 Å². The van der Waals surface area contributed by atoms with E-state index >= 15 is 0 Å². The monoisotopic (exact) mass is 274 g/mol. The summed E-state index contributed by atoms with van der Waals surface area (Å²) in [6.07, 6.45) is 2.88. The molecule has 0 saturated carbocycles. The number of aromatic nitrogens is 2. The number of ether oxygens (including phenoxy) is 2. The lowest BCUT2D eigenvalue weighted by atomic mass is 10.1. The maximum Gasteiger partial charge on any atom is 0.255 e. The van der Waals surface area contributed by atoms with Gasteiger partial charge in [0.15, 0.2) is 5.82 Å². The Bertz CT molecular complexity index is 565. The fraction of sp³-hybridized carbons (Fsp3) is 0.467. The Morgan fingerprint density at radius 2 is 2.05 bits per heavy atom. The topological polar surface area (TPSA) is 57.4 Å². The maximum atomic E-state index is 5.73. The first-order valence-corrected chi connectivity index (χ1v) is 6.85. The van der Waals surface area contributed by atoms with E-state index in [4.69, 9.17) is 14.0 Å². The van der Waals surface area contributed by atoms with Gasteiger partial charge in [0.2, 0.25) is 0 Å². The van der Waals surface area contributed by atoms with Crippen molar-refractivity contribution in [1.82, 2.24) is 10.1 Å². The van der Waals surface area contributed by atoms with Crippen LogP contribution in [0.4, 0.5) is 0 Å². The van der Waals surface area contributed by atoms with Gasteiger partial charge in [-0.1, -0.05) is 17.3 Å². The van der Waals surface area contributed by atoms with E-state index in [-0.39, 0.29) is 12.2 Å². The molecular formula is C15H18N2O3. The van der Waals surface area contributed by atoms with Crippen LogP contribution < -0.4 is 4.74 Å². The van der Waals surface area contributed by atoms with Gasteiger partial charge in [0.25, 0.3) is 5.89 Å². The molecule has 1 fully saturated rings. The molecule has 2 atom stereocenters. The fourth-order valence-corrected chi connectivity index (χ4v) is 2.38. The van der Waals surface area contributed by atoms with Crippen LogP contribution in [0.15, 0.2) is 28.8 Å². The predicted octanol–water partition coefficient (Wildman–Crippen LogP) is 2.91. The zero-order valence-electron chi connectivity index (χ0n) is 11.7. The highest BCUT2D eigenvalue weighted by atomic mass is 16.5. The minimum Gasteiger partial charge on any atom is -0.497 e. The van der Waals surface area contributed by atoms with E-state index in [1.165, 1.54) is 0 Å². The Hall–Kier alpha value is -1.88. The normalized spacial score (nSPS) is 22.1. The summed E-state index contributed by atoms with van der Waals surface area (Å²) in [5.41, 5.74) is 1.12. The molecule has 0 bridgehead atoms. The summed E-state index contributed by atoms with van der Waals surface area (Å²) in [5.74, 6) is 2.13. The molecule has 1 aliphatic rings. The first kappa shape index (κ1) is 13.1. The molecular weight excluding hydrogens is 256 g/mol. The molecule has 5 heteroatoms. The zero-order chi connectivity index (χ0) is 13.9. The standard InChI is InChI=1S/C15H18N2O3/c1-10-3-8-13(19-10)15-16-14(17-20-15)9-11-4-6-12(18-2)7-5-11/h4-7,10,13H,3,8-9H2,1-2H3/t10-,13+/m0/s1. The van der Waals surface area contributed by atoms with Crippen molar-refractivity contribution in [2.45, 2.75) is 38.4 Å². The van der Waals surface area contributed by atoms with Crippen molar-refractivity contribution >= 4 is 0 Å². The van der Waals surface area contributed by atoms with Gasteiger partial charge in [-0.2, -0.15) is 4.98 Å². The van der Waals surface area contributed by atoms with Crippen molar-refractivity contribution in [3.63, 3.8) is 0 Å². The molecule has 1 aliphatic heterocycles. The van der Waals surface area contributed by atoms with Crippen LogP contribution in [-0.2, 0) is 11.2 Å². The molecule has 0 radical (unpaired) electrons. The van der Waals surface area contributed by atoms with Gasteiger partial charge in [0.1, 0.15) is 11.9 Å². The van der Waals surface area contributed by atoms with E-state index in [0.717, 1.165) is 24.2 Å². The van der Waals surface area contributed by atoms with Crippen LogP contribution >= 0.6 is 0 Å². The average Bonchev–Trinajstić information content (AvgIpc) is 3.09. The van der Waals surface area contributed by atoms with E-state index in [9.17, 15) is 0 Å². The third kappa shape index (κ3) is 2.82. The van der Waals surface area contributed by atoms with Crippen LogP contribution in [-0.4, -0.2) is 23.4 Å². The lowest BCUT2D eigenvalue weighted by molar-refractivity contribution is 0.0355. The van der Waals surface area contributed by atoms with Crippen molar-refractivity contribution in [2.24, 2.45) is 0 Å². The first-order chi connectivity index (χ1) is 9.74. The number of benzene rings is 1. The molecule has 106 valence electrons. The van der Waals surface area contributed by atoms with E-state index in [0.29, 0.717) is 18.1 Å². The minimum absolute atomic E-state index is 0.0397. The largest absolute Gasteiger partial charge is 0.497 e. The molecule has 1 aromatic carbocycles. The van der Waals surface area contributed by atoms with Gasteiger partial charge in [-0.05, 0) is 37.5 Å². The van der Waals surface area contributed by atoms with Crippen LogP contribution in [0.3, 0.4) is 0 Å². The van der Waals surface area contributed by atoms with Crippen molar-refractivity contribution in [2.75, 3.05) is 7.11 Å². The first-order valence-electron chi connectivity index (χ1n) is 6.85. The Morgan fingerprint density at radius 1 is 1.25 bits per heavy atom. The molecule has 5 nitrogen and oxygen atoms in total. The van der Waals surface area contributed by atoms with Gasteiger partial charge in [-0.15, -0.1) is 0 Å². The van der Waals surface area contributed by atoms with Crippen LogP contribution in [0.2, 0.25) is 0 Å². The van der Waals surface area contributed by atoms with E-state index in [1.807, 2.05) is 24.3 Å². The molecule has 0 N–H and O–H groups in total. The van der Waals surface area contributed by atoms with E-state index < -0.39 is 0 Å². The number of rotatable bonds is 4.